The van der Waals surface area contributed by atoms with Gasteiger partial charge in [-0.15, -0.1) is 0 Å². The zero-order chi connectivity index (χ0) is 16.5. The van der Waals surface area contributed by atoms with Gasteiger partial charge >= 0.3 is 0 Å². The van der Waals surface area contributed by atoms with Crippen LogP contribution in [0, 0.1) is 22.6 Å². The largest absolute Gasteiger partial charge is 0.383 e. The van der Waals surface area contributed by atoms with E-state index in [0.29, 0.717) is 44.6 Å². The number of carbonyl (C=O) groups is 1. The van der Waals surface area contributed by atoms with Crippen molar-refractivity contribution >= 4 is 5.91 Å². The second-order valence-corrected chi connectivity index (χ2v) is 6.32. The maximum absolute atomic E-state index is 13.0. The van der Waals surface area contributed by atoms with Crippen molar-refractivity contribution in [3.05, 3.63) is 35.6 Å². The zero-order valence-electron chi connectivity index (χ0n) is 12.8. The minimum atomic E-state index is -1.19. The summed E-state index contributed by atoms with van der Waals surface area (Å²) in [5, 5.41) is 20.3. The van der Waals surface area contributed by atoms with Gasteiger partial charge in [0.1, 0.15) is 16.8 Å². The van der Waals surface area contributed by atoms with Crippen molar-refractivity contribution in [3.8, 4) is 6.07 Å². The van der Waals surface area contributed by atoms with Crippen molar-refractivity contribution in [2.24, 2.45) is 5.41 Å². The number of hydrogen-bond donors (Lipinski definition) is 1. The lowest BCUT2D eigenvalue weighted by atomic mass is 9.80. The molecule has 1 unspecified atom stereocenters. The predicted octanol–water partition coefficient (Wildman–Crippen LogP) is 1.57. The first kappa shape index (κ1) is 15.9. The van der Waals surface area contributed by atoms with Crippen LogP contribution in [-0.4, -0.2) is 42.2 Å². The van der Waals surface area contributed by atoms with E-state index < -0.39 is 11.0 Å². The zero-order valence-corrected chi connectivity index (χ0v) is 12.8. The van der Waals surface area contributed by atoms with Gasteiger partial charge in [-0.1, -0.05) is 12.1 Å². The van der Waals surface area contributed by atoms with Crippen LogP contribution in [0.1, 0.15) is 24.8 Å². The molecule has 0 saturated carbocycles. The number of nitriles is 1. The van der Waals surface area contributed by atoms with Crippen molar-refractivity contribution in [2.45, 2.75) is 24.9 Å². The van der Waals surface area contributed by atoms with Gasteiger partial charge in [-0.2, -0.15) is 5.26 Å². The molecule has 2 aliphatic heterocycles. The summed E-state index contributed by atoms with van der Waals surface area (Å²) in [4.78, 5) is 14.4. The van der Waals surface area contributed by atoms with Gasteiger partial charge < -0.3 is 14.7 Å². The van der Waals surface area contributed by atoms with Crippen LogP contribution in [0.3, 0.4) is 0 Å². The number of amides is 1. The Kier molecular flexibility index (Phi) is 4.09. The Morgan fingerprint density at radius 3 is 2.52 bits per heavy atom. The Bertz CT molecular complexity index is 634. The Labute approximate surface area is 134 Å². The number of β-amino-alcohol motifs (C(OH)–C–C–N with tert-alkyl or cyclic N) is 1. The monoisotopic (exact) mass is 318 g/mol. The highest BCUT2D eigenvalue weighted by atomic mass is 19.1. The highest BCUT2D eigenvalue weighted by molar-refractivity contribution is 5.86. The lowest BCUT2D eigenvalue weighted by Crippen LogP contribution is -2.46. The summed E-state index contributed by atoms with van der Waals surface area (Å²) < 4.78 is 18.3. The van der Waals surface area contributed by atoms with Gasteiger partial charge in [0, 0.05) is 19.8 Å². The van der Waals surface area contributed by atoms with E-state index in [4.69, 9.17) is 4.74 Å². The van der Waals surface area contributed by atoms with Gasteiger partial charge in [-0.05, 0) is 37.0 Å². The third kappa shape index (κ3) is 2.82. The molecule has 2 saturated heterocycles. The number of ether oxygens (including phenoxy) is 1. The minimum Gasteiger partial charge on any atom is -0.383 e. The molecule has 1 aromatic carbocycles. The Balaban J connectivity index is 1.77. The molecule has 6 heteroatoms. The number of likely N-dealkylation sites (tertiary alicyclic amines) is 1. The third-order valence-electron chi connectivity index (χ3n) is 4.89. The van der Waals surface area contributed by atoms with Crippen molar-refractivity contribution in [1.29, 1.82) is 5.26 Å². The Hall–Kier alpha value is -1.97. The van der Waals surface area contributed by atoms with Gasteiger partial charge in [-0.3, -0.25) is 4.79 Å². The molecule has 122 valence electrons. The Morgan fingerprint density at radius 2 is 1.91 bits per heavy atom. The smallest absolute Gasteiger partial charge is 0.243 e. The number of benzene rings is 1. The fourth-order valence-electron chi connectivity index (χ4n) is 3.36. The molecule has 0 radical (unpaired) electrons. The summed E-state index contributed by atoms with van der Waals surface area (Å²) in [6, 6.07) is 7.84. The number of aliphatic hydroxyl groups is 1. The molecule has 0 aliphatic carbocycles. The van der Waals surface area contributed by atoms with Crippen LogP contribution < -0.4 is 0 Å². The first-order valence-corrected chi connectivity index (χ1v) is 7.76. The molecule has 5 nitrogen and oxygen atoms in total. The SMILES string of the molecule is N#CC1(C(=O)N2CCC(O)(c3ccc(F)cc3)C2)CCOCC1. The van der Waals surface area contributed by atoms with E-state index in [2.05, 4.69) is 6.07 Å². The van der Waals surface area contributed by atoms with Crippen LogP contribution in [0.4, 0.5) is 4.39 Å². The highest BCUT2D eigenvalue weighted by Crippen LogP contribution is 2.37. The van der Waals surface area contributed by atoms with E-state index in [0.717, 1.165) is 0 Å². The predicted molar refractivity (Wildman–Crippen MR) is 79.6 cm³/mol. The number of hydrogen-bond acceptors (Lipinski definition) is 4. The molecule has 2 fully saturated rings. The van der Waals surface area contributed by atoms with E-state index in [1.54, 1.807) is 4.90 Å². The maximum Gasteiger partial charge on any atom is 0.243 e. The number of halogens is 1. The lowest BCUT2D eigenvalue weighted by Gasteiger charge is -2.33. The minimum absolute atomic E-state index is 0.127. The van der Waals surface area contributed by atoms with Gasteiger partial charge in [-0.25, -0.2) is 4.39 Å². The van der Waals surface area contributed by atoms with E-state index in [9.17, 15) is 19.6 Å². The van der Waals surface area contributed by atoms with Crippen LogP contribution in [0.25, 0.3) is 0 Å². The van der Waals surface area contributed by atoms with E-state index in [1.165, 1.54) is 24.3 Å². The molecule has 0 bridgehead atoms. The lowest BCUT2D eigenvalue weighted by molar-refractivity contribution is -0.143. The fourth-order valence-corrected chi connectivity index (χ4v) is 3.36. The first-order chi connectivity index (χ1) is 11.0. The van der Waals surface area contributed by atoms with E-state index in [1.807, 2.05) is 0 Å². The highest BCUT2D eigenvalue weighted by Gasteiger charge is 2.48. The summed E-state index contributed by atoms with van der Waals surface area (Å²) in [5.41, 5.74) is -1.65. The van der Waals surface area contributed by atoms with Crippen LogP contribution in [0.2, 0.25) is 0 Å². The fraction of sp³-hybridized carbons (Fsp3) is 0.529. The molecule has 2 aliphatic rings. The van der Waals surface area contributed by atoms with E-state index in [-0.39, 0.29) is 18.3 Å². The van der Waals surface area contributed by atoms with Gasteiger partial charge in [0.25, 0.3) is 0 Å². The molecule has 1 N–H and O–H groups in total. The summed E-state index contributed by atoms with van der Waals surface area (Å²) >= 11 is 0. The number of nitrogens with zero attached hydrogens (tertiary/aromatic N) is 2. The molecule has 1 atom stereocenters. The van der Waals surface area contributed by atoms with Crippen molar-refractivity contribution in [2.75, 3.05) is 26.3 Å². The second-order valence-electron chi connectivity index (χ2n) is 6.32. The van der Waals surface area contributed by atoms with Crippen molar-refractivity contribution in [3.63, 3.8) is 0 Å². The van der Waals surface area contributed by atoms with Gasteiger partial charge in [0.15, 0.2) is 0 Å². The summed E-state index contributed by atoms with van der Waals surface area (Å²) in [6.45, 7) is 1.31. The summed E-state index contributed by atoms with van der Waals surface area (Å²) in [7, 11) is 0. The average molecular weight is 318 g/mol. The molecule has 2 heterocycles. The second kappa shape index (κ2) is 5.91. The van der Waals surface area contributed by atoms with Crippen LogP contribution in [0.15, 0.2) is 24.3 Å². The van der Waals surface area contributed by atoms with Crippen LogP contribution in [-0.2, 0) is 15.1 Å². The maximum atomic E-state index is 13.0. The van der Waals surface area contributed by atoms with Crippen LogP contribution >= 0.6 is 0 Å². The van der Waals surface area contributed by atoms with Gasteiger partial charge in [0.2, 0.25) is 5.91 Å². The van der Waals surface area contributed by atoms with Gasteiger partial charge in [0.05, 0.1) is 12.6 Å². The number of carbonyl (C=O) groups excluding carboxylic acids is 1. The average Bonchev–Trinajstić information content (AvgIpc) is 2.99. The number of rotatable bonds is 2. The first-order valence-electron chi connectivity index (χ1n) is 7.76. The molecule has 1 amide bonds. The molecule has 0 spiro atoms. The van der Waals surface area contributed by atoms with Crippen molar-refractivity contribution < 1.29 is 19.0 Å². The molecular formula is C17H19FN2O3. The van der Waals surface area contributed by atoms with Crippen LogP contribution in [0.5, 0.6) is 0 Å². The molecule has 1 aromatic rings. The molecule has 23 heavy (non-hydrogen) atoms. The summed E-state index contributed by atoms with van der Waals surface area (Å²) in [6.07, 6.45) is 1.14. The van der Waals surface area contributed by atoms with E-state index >= 15 is 0 Å². The standard InChI is InChI=1S/C17H19FN2O3/c18-14-3-1-13(2-4-14)17(22)5-8-20(12-17)15(21)16(11-19)6-9-23-10-7-16/h1-4,22H,5-10,12H2. The molecule has 0 aromatic heterocycles. The quantitative estimate of drug-likeness (QED) is 0.898. The Morgan fingerprint density at radius 1 is 1.26 bits per heavy atom. The topological polar surface area (TPSA) is 73.6 Å². The third-order valence-corrected chi connectivity index (χ3v) is 4.89. The summed E-state index contributed by atoms with van der Waals surface area (Å²) in [5.74, 6) is -0.602. The van der Waals surface area contributed by atoms with Crippen molar-refractivity contribution in [1.82, 2.24) is 4.90 Å². The normalized spacial score (nSPS) is 26.7. The molecule has 3 rings (SSSR count). The molecular weight excluding hydrogens is 299 g/mol.